The van der Waals surface area contributed by atoms with E-state index in [0.717, 1.165) is 5.56 Å². The van der Waals surface area contributed by atoms with Crippen LogP contribution in [-0.4, -0.2) is 66.1 Å². The number of benzene rings is 2. The van der Waals surface area contributed by atoms with Gasteiger partial charge in [0.1, 0.15) is 23.3 Å². The summed E-state index contributed by atoms with van der Waals surface area (Å²) in [5, 5.41) is 2.88. The number of amides is 3. The van der Waals surface area contributed by atoms with Gasteiger partial charge in [0.25, 0.3) is 11.8 Å². The number of aryl methyl sites for hydroxylation is 1. The van der Waals surface area contributed by atoms with Crippen LogP contribution >= 0.6 is 0 Å². The van der Waals surface area contributed by atoms with Gasteiger partial charge in [0.05, 0.1) is 26.5 Å². The summed E-state index contributed by atoms with van der Waals surface area (Å²) in [7, 11) is 1.56. The minimum Gasteiger partial charge on any atom is -0.497 e. The third-order valence-corrected chi connectivity index (χ3v) is 7.32. The maximum Gasteiger partial charge on any atom is 0.257 e. The maximum atomic E-state index is 13.9. The SMILES string of the molecule is COc1cccc(C(=O)N2CCC3(CC2)OC[C@@H](C(=O)NCc2ccco2)N3C(=O)c2ccccc2C)c1. The Morgan fingerprint density at radius 3 is 2.53 bits per heavy atom. The van der Waals surface area contributed by atoms with Crippen molar-refractivity contribution in [2.45, 2.75) is 38.1 Å². The first kappa shape index (κ1) is 25.5. The van der Waals surface area contributed by atoms with Crippen molar-refractivity contribution in [1.29, 1.82) is 0 Å². The molecule has 1 N–H and O–H groups in total. The van der Waals surface area contributed by atoms with Crippen molar-refractivity contribution in [1.82, 2.24) is 15.1 Å². The molecule has 0 aliphatic carbocycles. The number of carbonyl (C=O) groups excluding carboxylic acids is 3. The lowest BCUT2D eigenvalue weighted by molar-refractivity contribution is -0.128. The number of hydrogen-bond donors (Lipinski definition) is 1. The van der Waals surface area contributed by atoms with E-state index in [-0.39, 0.29) is 30.9 Å². The molecule has 3 aromatic rings. The number of carbonyl (C=O) groups is 3. The Kier molecular flexibility index (Phi) is 7.20. The molecule has 38 heavy (non-hydrogen) atoms. The standard InChI is InChI=1S/C29H31N3O6/c1-20-7-3-4-11-24(20)28(35)32-25(26(33)30-18-23-10-6-16-37-23)19-38-29(32)12-14-31(15-13-29)27(34)21-8-5-9-22(17-21)36-2/h3-11,16-17,25H,12-15,18-19H2,1-2H3,(H,30,33)/t25-/m0/s1. The summed E-state index contributed by atoms with van der Waals surface area (Å²) >= 11 is 0. The highest BCUT2D eigenvalue weighted by atomic mass is 16.5. The van der Waals surface area contributed by atoms with Crippen molar-refractivity contribution < 1.29 is 28.3 Å². The van der Waals surface area contributed by atoms with Gasteiger partial charge < -0.3 is 24.1 Å². The van der Waals surface area contributed by atoms with Crippen LogP contribution in [0.2, 0.25) is 0 Å². The number of nitrogens with zero attached hydrogens (tertiary/aromatic N) is 2. The molecule has 9 heteroatoms. The van der Waals surface area contributed by atoms with Crippen LogP contribution in [0.25, 0.3) is 0 Å². The molecular formula is C29H31N3O6. The minimum atomic E-state index is -0.989. The van der Waals surface area contributed by atoms with E-state index < -0.39 is 11.8 Å². The van der Waals surface area contributed by atoms with Crippen LogP contribution in [0, 0.1) is 6.92 Å². The molecular weight excluding hydrogens is 486 g/mol. The number of ether oxygens (including phenoxy) is 2. The molecule has 198 valence electrons. The fourth-order valence-corrected chi connectivity index (χ4v) is 5.21. The Balaban J connectivity index is 1.37. The molecule has 2 aliphatic heterocycles. The zero-order valence-electron chi connectivity index (χ0n) is 21.5. The lowest BCUT2D eigenvalue weighted by atomic mass is 9.95. The molecule has 3 heterocycles. The molecule has 2 fully saturated rings. The van der Waals surface area contributed by atoms with Gasteiger partial charge in [-0.15, -0.1) is 0 Å². The van der Waals surface area contributed by atoms with E-state index in [0.29, 0.717) is 48.6 Å². The van der Waals surface area contributed by atoms with Gasteiger partial charge in [-0.2, -0.15) is 0 Å². The first-order valence-electron chi connectivity index (χ1n) is 12.7. The molecule has 5 rings (SSSR count). The van der Waals surface area contributed by atoms with Crippen molar-refractivity contribution in [3.63, 3.8) is 0 Å². The van der Waals surface area contributed by atoms with Crippen molar-refractivity contribution in [3.8, 4) is 5.75 Å². The van der Waals surface area contributed by atoms with Gasteiger partial charge in [-0.3, -0.25) is 19.3 Å². The third kappa shape index (κ3) is 4.89. The first-order valence-corrected chi connectivity index (χ1v) is 12.7. The Bertz CT molecular complexity index is 1310. The van der Waals surface area contributed by atoms with Crippen LogP contribution in [0.3, 0.4) is 0 Å². The highest BCUT2D eigenvalue weighted by Crippen LogP contribution is 2.39. The second kappa shape index (κ2) is 10.7. The molecule has 1 spiro atoms. The summed E-state index contributed by atoms with van der Waals surface area (Å²) in [5.74, 6) is 0.553. The highest BCUT2D eigenvalue weighted by Gasteiger charge is 2.54. The fraction of sp³-hybridized carbons (Fsp3) is 0.345. The topological polar surface area (TPSA) is 101 Å². The lowest BCUT2D eigenvalue weighted by Crippen LogP contribution is -2.59. The van der Waals surface area contributed by atoms with E-state index in [4.69, 9.17) is 13.9 Å². The molecule has 2 saturated heterocycles. The van der Waals surface area contributed by atoms with E-state index >= 15 is 0 Å². The van der Waals surface area contributed by atoms with Crippen molar-refractivity contribution in [3.05, 3.63) is 89.4 Å². The van der Waals surface area contributed by atoms with E-state index in [1.165, 1.54) is 0 Å². The van der Waals surface area contributed by atoms with E-state index in [1.807, 2.05) is 25.1 Å². The van der Waals surface area contributed by atoms with E-state index in [2.05, 4.69) is 5.32 Å². The zero-order valence-corrected chi connectivity index (χ0v) is 21.5. The Hall–Kier alpha value is -4.11. The van der Waals surface area contributed by atoms with E-state index in [1.54, 1.807) is 65.6 Å². The van der Waals surface area contributed by atoms with Crippen LogP contribution in [0.5, 0.6) is 5.75 Å². The summed E-state index contributed by atoms with van der Waals surface area (Å²) in [6, 6.07) is 17.1. The number of methoxy groups -OCH3 is 1. The minimum absolute atomic E-state index is 0.0748. The molecule has 2 aliphatic rings. The predicted octanol–water partition coefficient (Wildman–Crippen LogP) is 3.39. The number of hydrogen-bond acceptors (Lipinski definition) is 6. The average molecular weight is 518 g/mol. The summed E-state index contributed by atoms with van der Waals surface area (Å²) < 4.78 is 16.9. The monoisotopic (exact) mass is 517 g/mol. The normalized spacial score (nSPS) is 18.4. The summed E-state index contributed by atoms with van der Waals surface area (Å²) in [6.07, 6.45) is 2.33. The zero-order chi connectivity index (χ0) is 26.7. The Morgan fingerprint density at radius 1 is 1.03 bits per heavy atom. The van der Waals surface area contributed by atoms with Crippen molar-refractivity contribution in [2.24, 2.45) is 0 Å². The lowest BCUT2D eigenvalue weighted by Gasteiger charge is -2.44. The molecule has 2 aromatic carbocycles. The predicted molar refractivity (Wildman–Crippen MR) is 139 cm³/mol. The van der Waals surface area contributed by atoms with Gasteiger partial charge in [0.15, 0.2) is 0 Å². The molecule has 0 unspecified atom stereocenters. The average Bonchev–Trinajstić information content (AvgIpc) is 3.60. The van der Waals surface area contributed by atoms with Gasteiger partial charge in [-0.25, -0.2) is 0 Å². The van der Waals surface area contributed by atoms with Crippen LogP contribution in [0.4, 0.5) is 0 Å². The van der Waals surface area contributed by atoms with E-state index in [9.17, 15) is 14.4 Å². The summed E-state index contributed by atoms with van der Waals surface area (Å²) in [4.78, 5) is 43.8. The maximum absolute atomic E-state index is 13.9. The number of nitrogens with one attached hydrogen (secondary N) is 1. The van der Waals surface area contributed by atoms with Gasteiger partial charge in [-0.05, 0) is 48.9 Å². The number of furan rings is 1. The smallest absolute Gasteiger partial charge is 0.257 e. The quantitative estimate of drug-likeness (QED) is 0.538. The van der Waals surface area contributed by atoms with Crippen molar-refractivity contribution >= 4 is 17.7 Å². The van der Waals surface area contributed by atoms with Gasteiger partial charge >= 0.3 is 0 Å². The van der Waals surface area contributed by atoms with Gasteiger partial charge in [-0.1, -0.05) is 24.3 Å². The second-order valence-corrected chi connectivity index (χ2v) is 9.58. The molecule has 0 saturated carbocycles. The van der Waals surface area contributed by atoms with Gasteiger partial charge in [0, 0.05) is 37.1 Å². The molecule has 3 amide bonds. The summed E-state index contributed by atoms with van der Waals surface area (Å²) in [6.45, 7) is 2.93. The fourth-order valence-electron chi connectivity index (χ4n) is 5.21. The second-order valence-electron chi connectivity index (χ2n) is 9.58. The number of rotatable bonds is 6. The van der Waals surface area contributed by atoms with Crippen LogP contribution in [0.15, 0.2) is 71.3 Å². The Morgan fingerprint density at radius 2 is 1.82 bits per heavy atom. The van der Waals surface area contributed by atoms with Crippen LogP contribution in [-0.2, 0) is 16.1 Å². The highest BCUT2D eigenvalue weighted by molar-refractivity contribution is 5.99. The number of piperidine rings is 1. The summed E-state index contributed by atoms with van der Waals surface area (Å²) in [5.41, 5.74) is 0.892. The molecule has 1 atom stereocenters. The van der Waals surface area contributed by atoms with Crippen LogP contribution < -0.4 is 10.1 Å². The largest absolute Gasteiger partial charge is 0.497 e. The molecule has 0 bridgehead atoms. The third-order valence-electron chi connectivity index (χ3n) is 7.32. The molecule has 0 radical (unpaired) electrons. The molecule has 1 aromatic heterocycles. The first-order chi connectivity index (χ1) is 18.4. The van der Waals surface area contributed by atoms with Crippen LogP contribution in [0.1, 0.15) is 44.9 Å². The molecule has 9 nitrogen and oxygen atoms in total. The number of likely N-dealkylation sites (tertiary alicyclic amines) is 1. The Labute approximate surface area is 221 Å². The van der Waals surface area contributed by atoms with Crippen molar-refractivity contribution in [2.75, 3.05) is 26.8 Å². The van der Waals surface area contributed by atoms with Gasteiger partial charge in [0.2, 0.25) is 5.91 Å².